The topological polar surface area (TPSA) is 935 Å². The second-order valence-electron chi connectivity index (χ2n) is 35.3. The van der Waals surface area contributed by atoms with E-state index in [1.54, 1.807) is 0 Å². The van der Waals surface area contributed by atoms with Gasteiger partial charge in [-0.15, -0.1) is 0 Å². The van der Waals surface area contributed by atoms with Crippen LogP contribution in [-0.4, -0.2) is 582 Å². The molecule has 0 aliphatic carbocycles. The van der Waals surface area contributed by atoms with E-state index in [9.17, 15) is 172 Å². The average molecular weight is 2030 g/mol. The summed E-state index contributed by atoms with van der Waals surface area (Å²) in [6, 6.07) is -11.5. The summed E-state index contributed by atoms with van der Waals surface area (Å²) in [4.78, 5) is 77.6. The molecule has 0 bridgehead atoms. The first kappa shape index (κ1) is 114. The number of carbonyl (C=O) groups excluding carboxylic acids is 6. The summed E-state index contributed by atoms with van der Waals surface area (Å²) in [6.45, 7) is -4.57. The second-order valence-corrected chi connectivity index (χ2v) is 35.3. The average Bonchev–Trinajstić information content (AvgIpc) is 0.764. The lowest BCUT2D eigenvalue weighted by molar-refractivity contribution is -0.405. The van der Waals surface area contributed by atoms with Crippen LogP contribution in [0.1, 0.15) is 48.5 Å². The highest BCUT2D eigenvalue weighted by Crippen LogP contribution is 2.42. The van der Waals surface area contributed by atoms with Crippen LogP contribution in [0.25, 0.3) is 0 Å². The molecule has 11 rings (SSSR count). The lowest BCUT2D eigenvalue weighted by Gasteiger charge is -2.52. The third kappa shape index (κ3) is 26.0. The van der Waals surface area contributed by atoms with Crippen LogP contribution in [0.4, 0.5) is 0 Å². The van der Waals surface area contributed by atoms with Crippen molar-refractivity contribution in [1.29, 1.82) is 0 Å². The quantitative estimate of drug-likeness (QED) is 0.0277. The maximum absolute atomic E-state index is 13.5. The van der Waals surface area contributed by atoms with Crippen molar-refractivity contribution < 1.29 is 271 Å². The maximum Gasteiger partial charge on any atom is 0.217 e. The Labute approximate surface area is 788 Å². The van der Waals surface area contributed by atoms with Gasteiger partial charge in [0.1, 0.15) is 262 Å². The number of amides is 6. The Morgan fingerprint density at radius 1 is 0.201 bits per heavy atom. The summed E-state index contributed by atoms with van der Waals surface area (Å²) >= 11 is 0. The van der Waals surface area contributed by atoms with Gasteiger partial charge in [0.15, 0.2) is 69.2 Å². The van der Waals surface area contributed by atoms with Gasteiger partial charge in [-0.05, 0) is 6.92 Å². The smallest absolute Gasteiger partial charge is 0.217 e. The molecule has 0 aromatic heterocycles. The second kappa shape index (κ2) is 50.0. The van der Waals surface area contributed by atoms with E-state index >= 15 is 0 Å². The lowest BCUT2D eigenvalue weighted by Crippen LogP contribution is -2.71. The largest absolute Gasteiger partial charge is 0.394 e. The number of aliphatic hydroxyl groups excluding tert-OH is 28. The van der Waals surface area contributed by atoms with Gasteiger partial charge in [-0.1, -0.05) is 0 Å². The summed E-state index contributed by atoms with van der Waals surface area (Å²) in [5.74, 6) is -5.69. The molecule has 34 N–H and O–H groups in total. The molecule has 55 atom stereocenters. The summed E-state index contributed by atoms with van der Waals surface area (Å²) in [7, 11) is 0. The Hall–Kier alpha value is -5.14. The number of nitrogens with one attached hydrogen (secondary N) is 6. The fourth-order valence-corrected chi connectivity index (χ4v) is 18.0. The van der Waals surface area contributed by atoms with Crippen LogP contribution in [0.3, 0.4) is 0 Å². The van der Waals surface area contributed by atoms with Crippen LogP contribution in [0.5, 0.6) is 0 Å². The van der Waals surface area contributed by atoms with Crippen molar-refractivity contribution in [3.05, 3.63) is 0 Å². The van der Waals surface area contributed by atoms with Gasteiger partial charge in [-0.25, -0.2) is 0 Å². The van der Waals surface area contributed by atoms with Crippen molar-refractivity contribution >= 4 is 35.4 Å². The van der Waals surface area contributed by atoms with Crippen LogP contribution < -0.4 is 31.9 Å². The normalized spacial score (nSPS) is 48.3. The molecule has 11 aliphatic rings. The highest BCUT2D eigenvalue weighted by molar-refractivity contribution is 5.75. The van der Waals surface area contributed by atoms with Gasteiger partial charge in [-0.3, -0.25) is 28.8 Å². The van der Waals surface area contributed by atoms with Gasteiger partial charge in [0.2, 0.25) is 35.4 Å². The van der Waals surface area contributed by atoms with Crippen molar-refractivity contribution in [1.82, 2.24) is 31.9 Å². The van der Waals surface area contributed by atoms with E-state index in [-0.39, 0.29) is 0 Å². The van der Waals surface area contributed by atoms with Crippen LogP contribution in [0, 0.1) is 0 Å². The Bertz CT molecular complexity index is 3900. The maximum atomic E-state index is 13.5. The van der Waals surface area contributed by atoms with E-state index < -0.39 is 439 Å². The molecule has 0 aromatic rings. The number of rotatable bonds is 36. The summed E-state index contributed by atoms with van der Waals surface area (Å²) in [5, 5.41) is 333. The molecule has 802 valence electrons. The zero-order valence-electron chi connectivity index (χ0n) is 75.4. The Morgan fingerprint density at radius 2 is 0.460 bits per heavy atom. The van der Waals surface area contributed by atoms with E-state index in [1.807, 2.05) is 0 Å². The highest BCUT2D eigenvalue weighted by atomic mass is 16.8. The van der Waals surface area contributed by atoms with E-state index in [4.69, 9.17) is 99.5 Å². The molecule has 0 spiro atoms. The first-order valence-corrected chi connectivity index (χ1v) is 44.5. The molecule has 11 heterocycles. The Morgan fingerprint density at radius 3 is 0.885 bits per heavy atom. The monoisotopic (exact) mass is 2030 g/mol. The molecule has 0 aromatic carbocycles. The van der Waals surface area contributed by atoms with Crippen molar-refractivity contribution in [2.24, 2.45) is 0 Å². The van der Waals surface area contributed by atoms with Gasteiger partial charge in [0.25, 0.3) is 0 Å². The van der Waals surface area contributed by atoms with E-state index in [0.717, 1.165) is 41.5 Å². The Kier molecular flexibility index (Phi) is 41.1. The third-order valence-corrected chi connectivity index (χ3v) is 25.3. The standard InChI is InChI=1S/C78H130N6O55/c1-18-41(98)54(111)57(114)74(122-18)120-17-34-64(51(108)35(68(118)123-34)79-19(2)92)134-72-39(83-23(6)96)52(109)62(30(13-90)128-72)136-76-60(117)65(47(104)33(131-76)16-121-77-66(138-71-38(82-22(5)95)50(107)44(101)27(10-87)126-71)56(113)46(103)32(132-77)15-119-69-36(80-20(3)93)48(105)42(99)25(8-85)124-69)137-78-67(59(116)63(31(14-91)130-78)133-70-37(81-21(4)94)49(106)43(100)26(9-86)125-70)139-73-40(84-24(7)97)53(110)61(29(12-89)129-73)135-75-58(115)55(112)45(102)28(11-88)127-75/h18,25-78,85-91,98-118H,8-17H2,1-7H3,(H,79,92)(H,80,93)(H,81,94)(H,82,95)(H,83,96)(H,84,97)/t18-,25+,26+,27+,28+,29+,30+,31+,32+,33+,34+,35+,36+,37+,38+,39+,40+,41+,42+,43+,44+,45-,46+,47+,48+,49+,50+,51+,52+,53+,54-,55-,56-,57-,58+,59-,60-,61+,62+,63+,64+,65-,66-,67-,68?,69+,70-,71-,72-,73-,74+,75-,76-,77-,78+/m0/s1. The minimum Gasteiger partial charge on any atom is -0.394 e. The van der Waals surface area contributed by atoms with E-state index in [1.165, 1.54) is 6.92 Å². The highest BCUT2D eigenvalue weighted by Gasteiger charge is 2.63. The van der Waals surface area contributed by atoms with Crippen molar-refractivity contribution in [2.75, 3.05) is 66.1 Å². The lowest BCUT2D eigenvalue weighted by atomic mass is 9.93. The van der Waals surface area contributed by atoms with E-state index in [0.29, 0.717) is 0 Å². The van der Waals surface area contributed by atoms with Gasteiger partial charge < -0.3 is 274 Å². The zero-order chi connectivity index (χ0) is 102. The number of hydrogen-bond donors (Lipinski definition) is 34. The number of carbonyl (C=O) groups is 6. The summed E-state index contributed by atoms with van der Waals surface area (Å²) in [5.41, 5.74) is 0. The predicted octanol–water partition coefficient (Wildman–Crippen LogP) is -23.1. The van der Waals surface area contributed by atoms with Gasteiger partial charge in [-0.2, -0.15) is 0 Å². The third-order valence-electron chi connectivity index (χ3n) is 25.3. The molecular formula is C78H130N6O55. The van der Waals surface area contributed by atoms with Crippen molar-refractivity contribution in [3.63, 3.8) is 0 Å². The molecule has 139 heavy (non-hydrogen) atoms. The molecule has 1 unspecified atom stereocenters. The van der Waals surface area contributed by atoms with Gasteiger partial charge >= 0.3 is 0 Å². The van der Waals surface area contributed by atoms with Gasteiger partial charge in [0, 0.05) is 41.5 Å². The molecule has 6 amide bonds. The molecule has 61 heteroatoms. The SMILES string of the molecule is CC(=O)N[C@H]1[C@H](O[C@H]2[C@H](O)[C@@H](NC(C)=O)C(O)O[C@@H]2CO[C@@H]2O[C@@H](C)[C@@H](O)[C@H](O)[C@@H]2O)O[C@H](CO)[C@@H](O[C@@H]2O[C@H](CO[C@H]3O[C@H](CO[C@@H]4O[C@H](CO)[C@@H](O)[C@H](O)[C@H]4NC(C)=O)[C@@H](O)[C@H](O)[C@@H]3O[C@@H]3O[C@H](CO)[C@@H](O)[C@H](O)[C@H]3NC(C)=O)[C@@H](O)[C@H](O[C@H]3O[C@H](CO)[C@@H](O[C@@H]4O[C@H](CO)[C@@H](O)[C@H](O)[C@H]4NC(C)=O)[C@H](O)[C@@H]3O[C@@H]3O[C@H](CO)[C@@H](O[C@@H]4O[C@H](CO)[C@H](O)[C@H](O)[C@H]4O)[C@H](O)[C@H]3NC(C)=O)[C@@H]2O)[C@@H]1O. The molecule has 0 radical (unpaired) electrons. The van der Waals surface area contributed by atoms with Crippen LogP contribution in [0.2, 0.25) is 0 Å². The minimum atomic E-state index is -2.78. The van der Waals surface area contributed by atoms with Crippen molar-refractivity contribution in [2.45, 2.75) is 386 Å². The van der Waals surface area contributed by atoms with E-state index in [2.05, 4.69) is 31.9 Å². The fraction of sp³-hybridized carbons (Fsp3) is 0.923. The zero-order valence-corrected chi connectivity index (χ0v) is 75.4. The predicted molar refractivity (Wildman–Crippen MR) is 430 cm³/mol. The molecule has 11 fully saturated rings. The first-order chi connectivity index (χ1) is 65.6. The molecule has 61 nitrogen and oxygen atoms in total. The summed E-state index contributed by atoms with van der Waals surface area (Å²) in [6.07, 6.45) is -105. The molecular weight excluding hydrogens is 1900 g/mol. The van der Waals surface area contributed by atoms with Crippen LogP contribution in [0.15, 0.2) is 0 Å². The Balaban J connectivity index is 1.00. The number of aliphatic hydroxyl groups is 28. The summed E-state index contributed by atoms with van der Waals surface area (Å²) < 4.78 is 127. The van der Waals surface area contributed by atoms with Crippen LogP contribution >= 0.6 is 0 Å². The fourth-order valence-electron chi connectivity index (χ4n) is 18.0. The molecule has 0 saturated carbocycles. The van der Waals surface area contributed by atoms with Crippen molar-refractivity contribution in [3.8, 4) is 0 Å². The molecule has 11 saturated heterocycles. The number of hydrogen-bond acceptors (Lipinski definition) is 55. The number of ether oxygens (including phenoxy) is 21. The van der Waals surface area contributed by atoms with Crippen LogP contribution in [-0.2, 0) is 128 Å². The molecule has 11 aliphatic heterocycles. The first-order valence-electron chi connectivity index (χ1n) is 44.5. The minimum absolute atomic E-state index is 0.841. The van der Waals surface area contributed by atoms with Gasteiger partial charge in [0.05, 0.1) is 72.2 Å².